The topological polar surface area (TPSA) is 30.5 Å². The third kappa shape index (κ3) is 4.94. The van der Waals surface area contributed by atoms with Gasteiger partial charge in [-0.05, 0) is 33.1 Å². The van der Waals surface area contributed by atoms with Gasteiger partial charge in [0.1, 0.15) is 0 Å². The van der Waals surface area contributed by atoms with Gasteiger partial charge in [0.15, 0.2) is 0 Å². The van der Waals surface area contributed by atoms with Gasteiger partial charge in [-0.25, -0.2) is 0 Å². The Hall–Kier alpha value is -0.120. The summed E-state index contributed by atoms with van der Waals surface area (Å²) in [5.41, 5.74) is 0.299. The van der Waals surface area contributed by atoms with Gasteiger partial charge in [-0.1, -0.05) is 13.8 Å². The Balaban J connectivity index is 2.47. The van der Waals surface area contributed by atoms with E-state index in [0.717, 1.165) is 26.2 Å². The Kier molecular flexibility index (Phi) is 5.42. The van der Waals surface area contributed by atoms with Crippen LogP contribution in [0.1, 0.15) is 47.0 Å². The fourth-order valence-electron chi connectivity index (χ4n) is 2.16. The first-order valence-electron chi connectivity index (χ1n) is 6.75. The predicted octanol–water partition coefficient (Wildman–Crippen LogP) is 2.60. The van der Waals surface area contributed by atoms with Crippen LogP contribution in [-0.2, 0) is 9.47 Å². The molecule has 1 fully saturated rings. The minimum absolute atomic E-state index is 0.0204. The van der Waals surface area contributed by atoms with Gasteiger partial charge in [-0.2, -0.15) is 0 Å². The third-order valence-electron chi connectivity index (χ3n) is 3.88. The minimum atomic E-state index is -0.0204. The Morgan fingerprint density at radius 3 is 2.59 bits per heavy atom. The van der Waals surface area contributed by atoms with Crippen LogP contribution in [0.3, 0.4) is 0 Å². The highest BCUT2D eigenvalue weighted by Crippen LogP contribution is 2.35. The summed E-state index contributed by atoms with van der Waals surface area (Å²) < 4.78 is 11.1. The van der Waals surface area contributed by atoms with Gasteiger partial charge >= 0.3 is 0 Å². The van der Waals surface area contributed by atoms with Gasteiger partial charge in [0.2, 0.25) is 0 Å². The summed E-state index contributed by atoms with van der Waals surface area (Å²) in [7, 11) is 1.80. The molecule has 3 heteroatoms. The lowest BCUT2D eigenvalue weighted by Gasteiger charge is -2.33. The number of hydrogen-bond donors (Lipinski definition) is 1. The van der Waals surface area contributed by atoms with Crippen LogP contribution in [0.5, 0.6) is 0 Å². The van der Waals surface area contributed by atoms with Crippen LogP contribution in [0.2, 0.25) is 0 Å². The molecule has 3 nitrogen and oxygen atoms in total. The lowest BCUT2D eigenvalue weighted by atomic mass is 9.79. The molecule has 1 aliphatic rings. The Morgan fingerprint density at radius 1 is 1.41 bits per heavy atom. The maximum Gasteiger partial charge on any atom is 0.0623 e. The molecule has 102 valence electrons. The van der Waals surface area contributed by atoms with Crippen LogP contribution in [0, 0.1) is 5.41 Å². The average Bonchev–Trinajstić information content (AvgIpc) is 2.74. The van der Waals surface area contributed by atoms with E-state index in [4.69, 9.17) is 9.47 Å². The molecular formula is C14H29NO2. The predicted molar refractivity (Wildman–Crippen MR) is 71.3 cm³/mol. The highest BCUT2D eigenvalue weighted by atomic mass is 16.5. The van der Waals surface area contributed by atoms with Crippen LogP contribution in [0.15, 0.2) is 0 Å². The molecule has 1 saturated heterocycles. The van der Waals surface area contributed by atoms with Crippen LogP contribution >= 0.6 is 0 Å². The highest BCUT2D eigenvalue weighted by Gasteiger charge is 2.36. The summed E-state index contributed by atoms with van der Waals surface area (Å²) in [6.07, 6.45) is 3.44. The molecule has 1 unspecified atom stereocenters. The summed E-state index contributed by atoms with van der Waals surface area (Å²) >= 11 is 0. The molecule has 0 bridgehead atoms. The molecule has 0 radical (unpaired) electrons. The third-order valence-corrected chi connectivity index (χ3v) is 3.88. The van der Waals surface area contributed by atoms with E-state index < -0.39 is 0 Å². The lowest BCUT2D eigenvalue weighted by Crippen LogP contribution is -2.39. The van der Waals surface area contributed by atoms with E-state index in [0.29, 0.717) is 11.5 Å². The normalized spacial score (nSPS) is 25.8. The van der Waals surface area contributed by atoms with Crippen molar-refractivity contribution in [1.29, 1.82) is 0 Å². The molecule has 0 aromatic rings. The van der Waals surface area contributed by atoms with Crippen LogP contribution < -0.4 is 5.32 Å². The number of methoxy groups -OCH3 is 1. The molecule has 1 heterocycles. The minimum Gasteiger partial charge on any atom is -0.381 e. The zero-order chi connectivity index (χ0) is 12.9. The van der Waals surface area contributed by atoms with Gasteiger partial charge in [0, 0.05) is 31.7 Å². The number of hydrogen-bond acceptors (Lipinski definition) is 3. The van der Waals surface area contributed by atoms with Crippen LogP contribution in [-0.4, -0.2) is 38.5 Å². The van der Waals surface area contributed by atoms with Gasteiger partial charge in [0.05, 0.1) is 12.2 Å². The molecule has 0 aromatic carbocycles. The molecule has 0 saturated carbocycles. The standard InChI is InChI=1S/C14H29NO2/c1-12(2)15-10-14(8-9-17-11-14)7-6-13(3,4)16-5/h12,15H,6-11H2,1-5H3. The van der Waals surface area contributed by atoms with Crippen LogP contribution in [0.4, 0.5) is 0 Å². The van der Waals surface area contributed by atoms with Gasteiger partial charge in [-0.15, -0.1) is 0 Å². The summed E-state index contributed by atoms with van der Waals surface area (Å²) in [6.45, 7) is 11.6. The molecule has 17 heavy (non-hydrogen) atoms. The van der Waals surface area contributed by atoms with E-state index in [-0.39, 0.29) is 5.60 Å². The molecule has 0 aromatic heterocycles. The maximum atomic E-state index is 5.61. The first-order valence-corrected chi connectivity index (χ1v) is 6.75. The Morgan fingerprint density at radius 2 is 2.12 bits per heavy atom. The second-order valence-corrected chi connectivity index (χ2v) is 6.30. The van der Waals surface area contributed by atoms with E-state index in [1.54, 1.807) is 7.11 Å². The second-order valence-electron chi connectivity index (χ2n) is 6.30. The van der Waals surface area contributed by atoms with Crippen molar-refractivity contribution >= 4 is 0 Å². The maximum absolute atomic E-state index is 5.61. The zero-order valence-electron chi connectivity index (χ0n) is 12.1. The fraction of sp³-hybridized carbons (Fsp3) is 1.00. The molecule has 1 rings (SSSR count). The van der Waals surface area contributed by atoms with Crippen LogP contribution in [0.25, 0.3) is 0 Å². The molecule has 1 N–H and O–H groups in total. The van der Waals surface area contributed by atoms with Crippen molar-refractivity contribution in [3.63, 3.8) is 0 Å². The summed E-state index contributed by atoms with van der Waals surface area (Å²) in [5, 5.41) is 3.56. The summed E-state index contributed by atoms with van der Waals surface area (Å²) in [6, 6.07) is 0.544. The van der Waals surface area contributed by atoms with Crippen molar-refractivity contribution in [2.45, 2.75) is 58.6 Å². The van der Waals surface area contributed by atoms with Crippen molar-refractivity contribution < 1.29 is 9.47 Å². The highest BCUT2D eigenvalue weighted by molar-refractivity contribution is 4.88. The Bertz CT molecular complexity index is 220. The molecule has 1 atom stereocenters. The average molecular weight is 243 g/mol. The van der Waals surface area contributed by atoms with E-state index >= 15 is 0 Å². The number of ether oxygens (including phenoxy) is 2. The smallest absolute Gasteiger partial charge is 0.0623 e. The van der Waals surface area contributed by atoms with E-state index in [1.807, 2.05) is 0 Å². The first kappa shape index (κ1) is 14.9. The molecular weight excluding hydrogens is 214 g/mol. The Labute approximate surface area is 106 Å². The van der Waals surface area contributed by atoms with Gasteiger partial charge in [-0.3, -0.25) is 0 Å². The summed E-state index contributed by atoms with van der Waals surface area (Å²) in [5.74, 6) is 0. The second kappa shape index (κ2) is 6.17. The fourth-order valence-corrected chi connectivity index (χ4v) is 2.16. The van der Waals surface area contributed by atoms with E-state index in [1.165, 1.54) is 12.8 Å². The van der Waals surface area contributed by atoms with Crippen molar-refractivity contribution in [1.82, 2.24) is 5.32 Å². The van der Waals surface area contributed by atoms with Crippen molar-refractivity contribution in [3.8, 4) is 0 Å². The summed E-state index contributed by atoms with van der Waals surface area (Å²) in [4.78, 5) is 0. The van der Waals surface area contributed by atoms with Crippen molar-refractivity contribution in [3.05, 3.63) is 0 Å². The molecule has 0 amide bonds. The lowest BCUT2D eigenvalue weighted by molar-refractivity contribution is 0.00202. The first-order chi connectivity index (χ1) is 7.89. The quantitative estimate of drug-likeness (QED) is 0.745. The molecule has 0 spiro atoms. The number of nitrogens with one attached hydrogen (secondary N) is 1. The van der Waals surface area contributed by atoms with E-state index in [9.17, 15) is 0 Å². The van der Waals surface area contributed by atoms with Crippen molar-refractivity contribution in [2.75, 3.05) is 26.9 Å². The van der Waals surface area contributed by atoms with Crippen molar-refractivity contribution in [2.24, 2.45) is 5.41 Å². The monoisotopic (exact) mass is 243 g/mol. The van der Waals surface area contributed by atoms with E-state index in [2.05, 4.69) is 33.0 Å². The zero-order valence-corrected chi connectivity index (χ0v) is 12.1. The van der Waals surface area contributed by atoms with Gasteiger partial charge < -0.3 is 14.8 Å². The molecule has 1 aliphatic heterocycles. The SMILES string of the molecule is COC(C)(C)CCC1(CNC(C)C)CCOC1. The number of rotatable bonds is 7. The largest absolute Gasteiger partial charge is 0.381 e. The van der Waals surface area contributed by atoms with Gasteiger partial charge in [0.25, 0.3) is 0 Å². The molecule has 0 aliphatic carbocycles.